The van der Waals surface area contributed by atoms with Gasteiger partial charge in [0.2, 0.25) is 0 Å². The van der Waals surface area contributed by atoms with Gasteiger partial charge in [-0.2, -0.15) is 0 Å². The van der Waals surface area contributed by atoms with Gasteiger partial charge in [0.05, 0.1) is 25.1 Å². The number of carbonyl (C=O) groups is 1. The second kappa shape index (κ2) is 5.86. The molecule has 1 aliphatic heterocycles. The standard InChI is InChI=1S/C15H17FN2O2/c1-10(2)14-13(15(19)20-3)8-17-9-18(14)12-6-4-11(16)5-7-12/h4-10,14H,1-3H3. The molecule has 0 saturated carbocycles. The Morgan fingerprint density at radius 1 is 1.35 bits per heavy atom. The van der Waals surface area contributed by atoms with E-state index in [1.165, 1.54) is 25.4 Å². The van der Waals surface area contributed by atoms with E-state index in [9.17, 15) is 9.18 Å². The molecule has 0 radical (unpaired) electrons. The van der Waals surface area contributed by atoms with Crippen molar-refractivity contribution in [3.8, 4) is 0 Å². The number of hydrogen-bond acceptors (Lipinski definition) is 4. The maximum Gasteiger partial charge on any atom is 0.337 e. The molecule has 5 heteroatoms. The van der Waals surface area contributed by atoms with E-state index in [0.29, 0.717) is 5.57 Å². The van der Waals surface area contributed by atoms with E-state index in [-0.39, 0.29) is 17.8 Å². The monoisotopic (exact) mass is 276 g/mol. The molecule has 0 spiro atoms. The molecule has 1 aromatic rings. The van der Waals surface area contributed by atoms with Gasteiger partial charge in [-0.1, -0.05) is 13.8 Å². The largest absolute Gasteiger partial charge is 0.466 e. The molecule has 0 bridgehead atoms. The van der Waals surface area contributed by atoms with Gasteiger partial charge in [-0.05, 0) is 30.2 Å². The number of carbonyl (C=O) groups excluding carboxylic acids is 1. The van der Waals surface area contributed by atoms with Crippen LogP contribution < -0.4 is 4.90 Å². The third kappa shape index (κ3) is 2.71. The van der Waals surface area contributed by atoms with Gasteiger partial charge < -0.3 is 9.64 Å². The van der Waals surface area contributed by atoms with E-state index in [1.54, 1.807) is 18.5 Å². The number of anilines is 1. The van der Waals surface area contributed by atoms with Gasteiger partial charge in [0.15, 0.2) is 0 Å². The summed E-state index contributed by atoms with van der Waals surface area (Å²) in [5.41, 5.74) is 1.28. The smallest absolute Gasteiger partial charge is 0.337 e. The number of hydrogen-bond donors (Lipinski definition) is 0. The first-order valence-electron chi connectivity index (χ1n) is 6.40. The molecule has 1 unspecified atom stereocenters. The lowest BCUT2D eigenvalue weighted by Gasteiger charge is -2.35. The molecule has 1 aromatic carbocycles. The summed E-state index contributed by atoms with van der Waals surface area (Å²) in [6.07, 6.45) is 3.17. The van der Waals surface area contributed by atoms with Gasteiger partial charge in [0.1, 0.15) is 5.82 Å². The highest BCUT2D eigenvalue weighted by Gasteiger charge is 2.32. The van der Waals surface area contributed by atoms with Crippen LogP contribution in [0.5, 0.6) is 0 Å². The van der Waals surface area contributed by atoms with Crippen LogP contribution in [0.15, 0.2) is 41.0 Å². The summed E-state index contributed by atoms with van der Waals surface area (Å²) in [5.74, 6) is -0.530. The van der Waals surface area contributed by atoms with Crippen molar-refractivity contribution in [2.45, 2.75) is 19.9 Å². The molecule has 0 fully saturated rings. The van der Waals surface area contributed by atoms with Crippen molar-refractivity contribution < 1.29 is 13.9 Å². The highest BCUT2D eigenvalue weighted by Crippen LogP contribution is 2.28. The Balaban J connectivity index is 2.38. The fourth-order valence-electron chi connectivity index (χ4n) is 2.30. The molecule has 0 amide bonds. The maximum atomic E-state index is 13.0. The van der Waals surface area contributed by atoms with Gasteiger partial charge in [-0.3, -0.25) is 0 Å². The lowest BCUT2D eigenvalue weighted by Crippen LogP contribution is -2.43. The van der Waals surface area contributed by atoms with Crippen LogP contribution in [0.2, 0.25) is 0 Å². The number of nitrogens with zero attached hydrogens (tertiary/aromatic N) is 2. The van der Waals surface area contributed by atoms with Crippen molar-refractivity contribution in [3.05, 3.63) is 41.9 Å². The van der Waals surface area contributed by atoms with Crippen LogP contribution in [0.4, 0.5) is 10.1 Å². The van der Waals surface area contributed by atoms with Crippen molar-refractivity contribution in [2.75, 3.05) is 12.0 Å². The van der Waals surface area contributed by atoms with E-state index < -0.39 is 5.97 Å². The molecule has 0 saturated heterocycles. The summed E-state index contributed by atoms with van der Waals surface area (Å²) in [6, 6.07) is 5.91. The predicted octanol–water partition coefficient (Wildman–Crippen LogP) is 2.76. The van der Waals surface area contributed by atoms with Gasteiger partial charge in [0.25, 0.3) is 0 Å². The average Bonchev–Trinajstić information content (AvgIpc) is 2.46. The minimum Gasteiger partial charge on any atom is -0.466 e. The molecule has 0 aliphatic carbocycles. The Labute approximate surface area is 117 Å². The molecule has 1 atom stereocenters. The van der Waals surface area contributed by atoms with Crippen molar-refractivity contribution in [3.63, 3.8) is 0 Å². The predicted molar refractivity (Wildman–Crippen MR) is 76.1 cm³/mol. The topological polar surface area (TPSA) is 41.9 Å². The summed E-state index contributed by atoms with van der Waals surface area (Å²) >= 11 is 0. The highest BCUT2D eigenvalue weighted by molar-refractivity contribution is 5.95. The molecule has 20 heavy (non-hydrogen) atoms. The Kier molecular flexibility index (Phi) is 4.17. The lowest BCUT2D eigenvalue weighted by atomic mass is 9.93. The van der Waals surface area contributed by atoms with Gasteiger partial charge in [0, 0.05) is 11.9 Å². The van der Waals surface area contributed by atoms with Gasteiger partial charge in [-0.15, -0.1) is 0 Å². The van der Waals surface area contributed by atoms with Crippen molar-refractivity contribution in [1.29, 1.82) is 0 Å². The Morgan fingerprint density at radius 3 is 2.55 bits per heavy atom. The number of esters is 1. The highest BCUT2D eigenvalue weighted by atomic mass is 19.1. The quantitative estimate of drug-likeness (QED) is 0.797. The first-order valence-corrected chi connectivity index (χ1v) is 6.40. The Morgan fingerprint density at radius 2 is 2.00 bits per heavy atom. The van der Waals surface area contributed by atoms with E-state index >= 15 is 0 Å². The summed E-state index contributed by atoms with van der Waals surface area (Å²) < 4.78 is 17.8. The van der Waals surface area contributed by atoms with E-state index in [0.717, 1.165) is 5.69 Å². The molecular formula is C15H17FN2O2. The van der Waals surface area contributed by atoms with E-state index in [2.05, 4.69) is 4.99 Å². The number of rotatable bonds is 3. The molecule has 1 heterocycles. The van der Waals surface area contributed by atoms with E-state index in [1.807, 2.05) is 18.7 Å². The number of benzene rings is 1. The summed E-state index contributed by atoms with van der Waals surface area (Å²) in [6.45, 7) is 4.02. The van der Waals surface area contributed by atoms with Crippen LogP contribution >= 0.6 is 0 Å². The number of aliphatic imine (C=N–C) groups is 1. The van der Waals surface area contributed by atoms with Gasteiger partial charge >= 0.3 is 5.97 Å². The molecule has 106 valence electrons. The van der Waals surface area contributed by atoms with Crippen molar-refractivity contribution >= 4 is 18.0 Å². The second-order valence-corrected chi connectivity index (χ2v) is 4.91. The Hall–Kier alpha value is -2.17. The van der Waals surface area contributed by atoms with Crippen molar-refractivity contribution in [2.24, 2.45) is 10.9 Å². The second-order valence-electron chi connectivity index (χ2n) is 4.91. The number of halogens is 1. The lowest BCUT2D eigenvalue weighted by molar-refractivity contribution is -0.136. The normalized spacial score (nSPS) is 18.1. The summed E-state index contributed by atoms with van der Waals surface area (Å²) in [5, 5.41) is 0. The molecule has 1 aliphatic rings. The first kappa shape index (κ1) is 14.2. The van der Waals surface area contributed by atoms with Crippen LogP contribution in [0.25, 0.3) is 0 Å². The zero-order valence-electron chi connectivity index (χ0n) is 11.7. The summed E-state index contributed by atoms with van der Waals surface area (Å²) in [4.78, 5) is 17.8. The Bertz CT molecular complexity index is 549. The number of ether oxygens (including phenoxy) is 1. The fraction of sp³-hybridized carbons (Fsp3) is 0.333. The molecular weight excluding hydrogens is 259 g/mol. The van der Waals surface area contributed by atoms with Crippen molar-refractivity contribution in [1.82, 2.24) is 0 Å². The molecule has 2 rings (SSSR count). The van der Waals surface area contributed by atoms with Crippen LogP contribution in [0.3, 0.4) is 0 Å². The first-order chi connectivity index (χ1) is 9.54. The maximum absolute atomic E-state index is 13.0. The zero-order valence-corrected chi connectivity index (χ0v) is 11.7. The minimum absolute atomic E-state index is 0.164. The van der Waals surface area contributed by atoms with Crippen LogP contribution in [-0.4, -0.2) is 25.5 Å². The third-order valence-electron chi connectivity index (χ3n) is 3.20. The fourth-order valence-corrected chi connectivity index (χ4v) is 2.30. The third-order valence-corrected chi connectivity index (χ3v) is 3.20. The molecule has 0 aromatic heterocycles. The molecule has 4 nitrogen and oxygen atoms in total. The zero-order chi connectivity index (χ0) is 14.7. The minimum atomic E-state index is -0.396. The van der Waals surface area contributed by atoms with Crippen LogP contribution in [0.1, 0.15) is 13.8 Å². The van der Waals surface area contributed by atoms with Crippen LogP contribution in [0, 0.1) is 11.7 Å². The summed E-state index contributed by atoms with van der Waals surface area (Å²) in [7, 11) is 1.35. The number of methoxy groups -OCH3 is 1. The molecule has 0 N–H and O–H groups in total. The van der Waals surface area contributed by atoms with E-state index in [4.69, 9.17) is 4.74 Å². The average molecular weight is 276 g/mol. The van der Waals surface area contributed by atoms with Gasteiger partial charge in [-0.25, -0.2) is 14.2 Å². The SMILES string of the molecule is COC(=O)C1=CN=CN(c2ccc(F)cc2)C1C(C)C. The van der Waals surface area contributed by atoms with Crippen LogP contribution in [-0.2, 0) is 9.53 Å².